The highest BCUT2D eigenvalue weighted by Crippen LogP contribution is 2.12. The van der Waals surface area contributed by atoms with Gasteiger partial charge in [0.05, 0.1) is 0 Å². The van der Waals surface area contributed by atoms with E-state index in [1.165, 1.54) is 0 Å². The maximum Gasteiger partial charge on any atom is 0.0392 e. The van der Waals surface area contributed by atoms with E-state index in [-0.39, 0.29) is 0 Å². The highest BCUT2D eigenvalue weighted by Gasteiger charge is 1.88. The third-order valence-electron chi connectivity index (χ3n) is 0.998. The molecule has 0 amide bonds. The van der Waals surface area contributed by atoms with Crippen LogP contribution < -0.4 is 0 Å². The zero-order valence-corrected chi connectivity index (χ0v) is 6.57. The average Bonchev–Trinajstić information content (AvgIpc) is 1.87. The molecule has 0 spiro atoms. The molecule has 9 heavy (non-hydrogen) atoms. The Kier molecular flexibility index (Phi) is 4.16. The van der Waals surface area contributed by atoms with Crippen LogP contribution in [-0.4, -0.2) is 0 Å². The summed E-state index contributed by atoms with van der Waals surface area (Å²) >= 11 is 5.74. The fourth-order valence-corrected chi connectivity index (χ4v) is 0.547. The summed E-state index contributed by atoms with van der Waals surface area (Å²) in [6, 6.07) is 0. The van der Waals surface area contributed by atoms with Crippen molar-refractivity contribution in [3.8, 4) is 0 Å². The van der Waals surface area contributed by atoms with E-state index in [4.69, 9.17) is 11.6 Å². The Balaban J connectivity index is 4.19. The minimum absolute atomic E-state index is 0.787. The van der Waals surface area contributed by atoms with Crippen LogP contribution in [0.25, 0.3) is 0 Å². The van der Waals surface area contributed by atoms with Gasteiger partial charge in [-0.3, -0.25) is 0 Å². The molecule has 0 rings (SSSR count). The average molecular weight is 143 g/mol. The van der Waals surface area contributed by atoms with Gasteiger partial charge >= 0.3 is 0 Å². The quantitative estimate of drug-likeness (QED) is 0.520. The second-order valence-corrected chi connectivity index (χ2v) is 2.13. The van der Waals surface area contributed by atoms with Gasteiger partial charge in [0.25, 0.3) is 0 Å². The first-order chi connectivity index (χ1) is 4.22. The van der Waals surface area contributed by atoms with Gasteiger partial charge < -0.3 is 0 Å². The van der Waals surface area contributed by atoms with Crippen molar-refractivity contribution >= 4 is 11.6 Å². The Hall–Kier alpha value is -0.490. The molecule has 0 saturated carbocycles. The predicted octanol–water partition coefficient (Wildman–Crippen LogP) is 3.26. The summed E-state index contributed by atoms with van der Waals surface area (Å²) < 4.78 is 0. The second kappa shape index (κ2) is 4.39. The Labute approximate surface area is 61.5 Å². The Morgan fingerprint density at radius 1 is 1.56 bits per heavy atom. The molecule has 0 aliphatic carbocycles. The van der Waals surface area contributed by atoms with Gasteiger partial charge in [0, 0.05) is 5.03 Å². The summed E-state index contributed by atoms with van der Waals surface area (Å²) in [5.41, 5.74) is 1.05. The summed E-state index contributed by atoms with van der Waals surface area (Å²) in [7, 11) is 0. The van der Waals surface area contributed by atoms with Crippen LogP contribution in [0.1, 0.15) is 13.8 Å². The zero-order valence-electron chi connectivity index (χ0n) is 5.82. The van der Waals surface area contributed by atoms with E-state index >= 15 is 0 Å². The zero-order chi connectivity index (χ0) is 7.28. The van der Waals surface area contributed by atoms with E-state index in [0.717, 1.165) is 10.6 Å². The van der Waals surface area contributed by atoms with Crippen molar-refractivity contribution in [3.05, 3.63) is 35.4 Å². The maximum atomic E-state index is 5.74. The molecule has 0 atom stereocenters. The van der Waals surface area contributed by atoms with Crippen LogP contribution in [0.4, 0.5) is 0 Å². The summed E-state index contributed by atoms with van der Waals surface area (Å²) in [6.45, 7) is 7.41. The van der Waals surface area contributed by atoms with Crippen LogP contribution in [0.2, 0.25) is 0 Å². The first-order valence-corrected chi connectivity index (χ1v) is 3.21. The maximum absolute atomic E-state index is 5.74. The van der Waals surface area contributed by atoms with Gasteiger partial charge in [0.2, 0.25) is 0 Å². The standard InChI is InChI=1S/C8H11Cl/c1-4-6-7(3)8(9)5-2/h4-6H,1H2,2-3H3/b7-6-,8-5+. The molecule has 0 aliphatic rings. The summed E-state index contributed by atoms with van der Waals surface area (Å²) in [4.78, 5) is 0. The Morgan fingerprint density at radius 2 is 2.11 bits per heavy atom. The molecule has 0 aromatic rings. The van der Waals surface area contributed by atoms with Crippen molar-refractivity contribution in [3.63, 3.8) is 0 Å². The van der Waals surface area contributed by atoms with Crippen molar-refractivity contribution in [2.75, 3.05) is 0 Å². The Bertz CT molecular complexity index is 152. The van der Waals surface area contributed by atoms with Gasteiger partial charge in [-0.2, -0.15) is 0 Å². The lowest BCUT2D eigenvalue weighted by molar-refractivity contribution is 1.47. The van der Waals surface area contributed by atoms with Crippen LogP contribution in [0.3, 0.4) is 0 Å². The third-order valence-corrected chi connectivity index (χ3v) is 1.51. The molecule has 0 aromatic heterocycles. The molecule has 0 nitrogen and oxygen atoms in total. The third kappa shape index (κ3) is 3.15. The molecule has 50 valence electrons. The van der Waals surface area contributed by atoms with Gasteiger partial charge in [-0.15, -0.1) is 0 Å². The van der Waals surface area contributed by atoms with Gasteiger partial charge in [-0.25, -0.2) is 0 Å². The number of hydrogen-bond donors (Lipinski definition) is 0. The SMILES string of the molecule is C=C/C=C(C)\C(Cl)=C/C. The highest BCUT2D eigenvalue weighted by atomic mass is 35.5. The van der Waals surface area contributed by atoms with Gasteiger partial charge in [-0.1, -0.05) is 36.4 Å². The van der Waals surface area contributed by atoms with Crippen molar-refractivity contribution in [1.82, 2.24) is 0 Å². The fraction of sp³-hybridized carbons (Fsp3) is 0.250. The molecule has 0 N–H and O–H groups in total. The molecule has 0 aromatic carbocycles. The monoisotopic (exact) mass is 142 g/mol. The summed E-state index contributed by atoms with van der Waals surface area (Å²) in [6.07, 6.45) is 5.46. The largest absolute Gasteiger partial charge is 0.0991 e. The van der Waals surface area contributed by atoms with Crippen LogP contribution in [0.15, 0.2) is 35.4 Å². The normalized spacial score (nSPS) is 13.7. The van der Waals surface area contributed by atoms with Crippen LogP contribution >= 0.6 is 11.6 Å². The lowest BCUT2D eigenvalue weighted by Gasteiger charge is -1.92. The number of rotatable bonds is 2. The Morgan fingerprint density at radius 3 is 2.44 bits per heavy atom. The van der Waals surface area contributed by atoms with E-state index < -0.39 is 0 Å². The summed E-state index contributed by atoms with van der Waals surface area (Å²) in [5.74, 6) is 0. The number of allylic oxidation sites excluding steroid dienone is 5. The molecule has 0 unspecified atom stereocenters. The topological polar surface area (TPSA) is 0 Å². The van der Waals surface area contributed by atoms with E-state index in [0.29, 0.717) is 0 Å². The highest BCUT2D eigenvalue weighted by molar-refractivity contribution is 6.31. The molecule has 0 fully saturated rings. The van der Waals surface area contributed by atoms with Gasteiger partial charge in [-0.05, 0) is 19.4 Å². The van der Waals surface area contributed by atoms with Gasteiger partial charge in [0.15, 0.2) is 0 Å². The van der Waals surface area contributed by atoms with Crippen molar-refractivity contribution in [2.45, 2.75) is 13.8 Å². The van der Waals surface area contributed by atoms with Crippen LogP contribution in [0.5, 0.6) is 0 Å². The van der Waals surface area contributed by atoms with Crippen molar-refractivity contribution in [2.24, 2.45) is 0 Å². The molecule has 1 heteroatoms. The minimum atomic E-state index is 0.787. The molecule has 0 aliphatic heterocycles. The molecule has 0 radical (unpaired) electrons. The second-order valence-electron chi connectivity index (χ2n) is 1.72. The first-order valence-electron chi connectivity index (χ1n) is 2.84. The lowest BCUT2D eigenvalue weighted by Crippen LogP contribution is -1.71. The van der Waals surface area contributed by atoms with E-state index in [1.807, 2.05) is 26.0 Å². The minimum Gasteiger partial charge on any atom is -0.0991 e. The van der Waals surface area contributed by atoms with Gasteiger partial charge in [0.1, 0.15) is 0 Å². The lowest BCUT2D eigenvalue weighted by atomic mass is 10.2. The molecule has 0 heterocycles. The molecular formula is C8H11Cl. The van der Waals surface area contributed by atoms with E-state index in [2.05, 4.69) is 6.58 Å². The predicted molar refractivity (Wildman–Crippen MR) is 43.6 cm³/mol. The fourth-order valence-electron chi connectivity index (χ4n) is 0.484. The first kappa shape index (κ1) is 8.51. The van der Waals surface area contributed by atoms with E-state index in [1.54, 1.807) is 6.08 Å². The van der Waals surface area contributed by atoms with Crippen LogP contribution in [0, 0.1) is 0 Å². The molecular weight excluding hydrogens is 132 g/mol. The summed E-state index contributed by atoms with van der Waals surface area (Å²) in [5, 5.41) is 0.787. The molecule has 0 bridgehead atoms. The molecule has 0 saturated heterocycles. The van der Waals surface area contributed by atoms with Crippen molar-refractivity contribution < 1.29 is 0 Å². The smallest absolute Gasteiger partial charge is 0.0392 e. The number of hydrogen-bond acceptors (Lipinski definition) is 0. The van der Waals surface area contributed by atoms with Crippen molar-refractivity contribution in [1.29, 1.82) is 0 Å². The van der Waals surface area contributed by atoms with Crippen LogP contribution in [-0.2, 0) is 0 Å². The number of halogens is 1. The van der Waals surface area contributed by atoms with E-state index in [9.17, 15) is 0 Å².